The van der Waals surface area contributed by atoms with Gasteiger partial charge in [0.1, 0.15) is 5.75 Å². The van der Waals surface area contributed by atoms with E-state index in [2.05, 4.69) is 71.0 Å². The minimum Gasteiger partial charge on any atom is -0.532 e. The number of benzene rings is 3. The summed E-state index contributed by atoms with van der Waals surface area (Å²) in [6.45, 7) is 2.22. The number of halogens is 1. The van der Waals surface area contributed by atoms with Gasteiger partial charge >= 0.3 is 8.32 Å². The maximum atomic E-state index is 6.66. The van der Waals surface area contributed by atoms with Gasteiger partial charge in [0.2, 0.25) is 0 Å². The molecule has 0 spiro atoms. The van der Waals surface area contributed by atoms with E-state index in [0.29, 0.717) is 0 Å². The molecule has 0 bridgehead atoms. The van der Waals surface area contributed by atoms with Gasteiger partial charge in [-0.05, 0) is 45.0 Å². The van der Waals surface area contributed by atoms with Gasteiger partial charge in [0.25, 0.3) is 0 Å². The van der Waals surface area contributed by atoms with Crippen molar-refractivity contribution in [3.05, 3.63) is 83.3 Å². The van der Waals surface area contributed by atoms with Crippen molar-refractivity contribution in [2.75, 3.05) is 7.11 Å². The van der Waals surface area contributed by atoms with Gasteiger partial charge in [0, 0.05) is 0 Å². The van der Waals surface area contributed by atoms with E-state index in [1.54, 1.807) is 7.11 Å². The Balaban J connectivity index is 2.12. The third-order valence-electron chi connectivity index (χ3n) is 4.10. The molecule has 0 amide bonds. The molecule has 24 heavy (non-hydrogen) atoms. The van der Waals surface area contributed by atoms with Crippen molar-refractivity contribution in [1.29, 1.82) is 0 Å². The molecule has 0 atom stereocenters. The lowest BCUT2D eigenvalue weighted by Crippen LogP contribution is -2.60. The second-order valence-corrected chi connectivity index (χ2v) is 9.92. The van der Waals surface area contributed by atoms with Gasteiger partial charge in [-0.15, -0.1) is 0 Å². The monoisotopic (exact) mass is 398 g/mol. The van der Waals surface area contributed by atoms with E-state index in [9.17, 15) is 0 Å². The van der Waals surface area contributed by atoms with E-state index in [4.69, 9.17) is 9.16 Å². The second kappa shape index (κ2) is 7.24. The van der Waals surface area contributed by atoms with Crippen LogP contribution in [0.4, 0.5) is 0 Å². The summed E-state index contributed by atoms with van der Waals surface area (Å²) in [5, 5.41) is 2.44. The van der Waals surface area contributed by atoms with Gasteiger partial charge in [-0.2, -0.15) is 0 Å². The zero-order valence-corrected chi connectivity index (χ0v) is 16.3. The summed E-state index contributed by atoms with van der Waals surface area (Å²) in [5.74, 6) is 1.48. The molecule has 3 rings (SSSR count). The summed E-state index contributed by atoms with van der Waals surface area (Å²) in [7, 11) is -0.750. The summed E-state index contributed by atoms with van der Waals surface area (Å²) in [5.41, 5.74) is 0. The normalized spacial score (nSPS) is 11.1. The van der Waals surface area contributed by atoms with E-state index in [-0.39, 0.29) is 0 Å². The molecule has 0 unspecified atom stereocenters. The third-order valence-corrected chi connectivity index (χ3v) is 8.22. The average Bonchev–Trinajstić information content (AvgIpc) is 2.63. The largest absolute Gasteiger partial charge is 0.532 e. The quantitative estimate of drug-likeness (QED) is 0.598. The summed E-state index contributed by atoms with van der Waals surface area (Å²) < 4.78 is 13.1. The van der Waals surface area contributed by atoms with Crippen LogP contribution in [0.1, 0.15) is 0 Å². The zero-order chi connectivity index (χ0) is 17.0. The SMILES string of the molecule is COc1c(Br)cccc1O[Si](C)(c1ccccc1)c1ccccc1. The Labute approximate surface area is 152 Å². The minimum atomic E-state index is -2.41. The first kappa shape index (κ1) is 16.8. The highest BCUT2D eigenvalue weighted by atomic mass is 79.9. The summed E-state index contributed by atoms with van der Waals surface area (Å²) >= 11 is 3.54. The Kier molecular flexibility index (Phi) is 5.07. The van der Waals surface area contributed by atoms with Crippen molar-refractivity contribution in [1.82, 2.24) is 0 Å². The molecule has 3 aromatic rings. The molecule has 0 heterocycles. The molecule has 0 aliphatic carbocycles. The van der Waals surface area contributed by atoms with Crippen LogP contribution in [0.3, 0.4) is 0 Å². The zero-order valence-electron chi connectivity index (χ0n) is 13.7. The van der Waals surface area contributed by atoms with E-state index >= 15 is 0 Å². The standard InChI is InChI=1S/C20H19BrO2Si/c1-22-20-18(21)14-9-15-19(20)23-24(2,16-10-5-3-6-11-16)17-12-7-4-8-13-17/h3-15H,1-2H3. The molecule has 0 saturated carbocycles. The Hall–Kier alpha value is -2.04. The van der Waals surface area contributed by atoms with Crippen LogP contribution in [0.25, 0.3) is 0 Å². The Morgan fingerprint density at radius 2 is 1.29 bits per heavy atom. The molecule has 0 aliphatic rings. The molecule has 122 valence electrons. The molecule has 2 nitrogen and oxygen atoms in total. The number of rotatable bonds is 5. The van der Waals surface area contributed by atoms with Gasteiger partial charge in [0.15, 0.2) is 5.75 Å². The average molecular weight is 399 g/mol. The maximum Gasteiger partial charge on any atom is 0.311 e. The van der Waals surface area contributed by atoms with Crippen LogP contribution >= 0.6 is 15.9 Å². The molecule has 4 heteroatoms. The van der Waals surface area contributed by atoms with E-state index in [0.717, 1.165) is 16.0 Å². The number of para-hydroxylation sites is 1. The first-order valence-electron chi connectivity index (χ1n) is 7.77. The minimum absolute atomic E-state index is 0.725. The predicted octanol–water partition coefficient (Wildman–Crippen LogP) is 4.23. The lowest BCUT2D eigenvalue weighted by atomic mass is 10.3. The molecule has 0 saturated heterocycles. The number of hydrogen-bond acceptors (Lipinski definition) is 2. The maximum absolute atomic E-state index is 6.66. The van der Waals surface area contributed by atoms with Gasteiger partial charge in [0.05, 0.1) is 11.6 Å². The second-order valence-electron chi connectivity index (χ2n) is 5.64. The molecular weight excluding hydrogens is 380 g/mol. The van der Waals surface area contributed by atoms with Crippen molar-refractivity contribution >= 4 is 34.6 Å². The van der Waals surface area contributed by atoms with Crippen LogP contribution in [-0.2, 0) is 0 Å². The topological polar surface area (TPSA) is 18.5 Å². The lowest BCUT2D eigenvalue weighted by molar-refractivity contribution is 0.391. The Morgan fingerprint density at radius 1 is 0.750 bits per heavy atom. The summed E-state index contributed by atoms with van der Waals surface area (Å²) in [6, 6.07) is 26.8. The highest BCUT2D eigenvalue weighted by Gasteiger charge is 2.36. The van der Waals surface area contributed by atoms with Crippen LogP contribution in [0.5, 0.6) is 11.5 Å². The molecular formula is C20H19BrO2Si. The number of hydrogen-bond donors (Lipinski definition) is 0. The molecule has 0 aromatic heterocycles. The van der Waals surface area contributed by atoms with Crippen molar-refractivity contribution in [2.24, 2.45) is 0 Å². The highest BCUT2D eigenvalue weighted by molar-refractivity contribution is 9.10. The fourth-order valence-electron chi connectivity index (χ4n) is 2.78. The van der Waals surface area contributed by atoms with Crippen molar-refractivity contribution < 1.29 is 9.16 Å². The Morgan fingerprint density at radius 3 is 1.79 bits per heavy atom. The highest BCUT2D eigenvalue weighted by Crippen LogP contribution is 2.36. The smallest absolute Gasteiger partial charge is 0.311 e. The van der Waals surface area contributed by atoms with Gasteiger partial charge in [-0.1, -0.05) is 66.7 Å². The fraction of sp³-hybridized carbons (Fsp3) is 0.100. The molecule has 0 fully saturated rings. The van der Waals surface area contributed by atoms with E-state index in [1.165, 1.54) is 10.4 Å². The van der Waals surface area contributed by atoms with Gasteiger partial charge in [-0.3, -0.25) is 0 Å². The van der Waals surface area contributed by atoms with E-state index < -0.39 is 8.32 Å². The molecule has 3 aromatic carbocycles. The molecule has 0 N–H and O–H groups in total. The summed E-state index contributed by atoms with van der Waals surface area (Å²) in [6.07, 6.45) is 0. The van der Waals surface area contributed by atoms with E-state index in [1.807, 2.05) is 30.3 Å². The number of methoxy groups -OCH3 is 1. The van der Waals surface area contributed by atoms with Crippen LogP contribution in [0, 0.1) is 0 Å². The van der Waals surface area contributed by atoms with Gasteiger partial charge < -0.3 is 9.16 Å². The van der Waals surface area contributed by atoms with Crippen LogP contribution in [0.15, 0.2) is 83.3 Å². The van der Waals surface area contributed by atoms with Gasteiger partial charge in [-0.25, -0.2) is 0 Å². The first-order chi connectivity index (χ1) is 11.6. The fourth-order valence-corrected chi connectivity index (χ4v) is 6.12. The first-order valence-corrected chi connectivity index (χ1v) is 11.0. The summed E-state index contributed by atoms with van der Waals surface area (Å²) in [4.78, 5) is 0. The molecule has 0 aliphatic heterocycles. The lowest BCUT2D eigenvalue weighted by Gasteiger charge is -2.30. The third kappa shape index (κ3) is 3.25. The van der Waals surface area contributed by atoms with Crippen molar-refractivity contribution in [3.63, 3.8) is 0 Å². The van der Waals surface area contributed by atoms with Crippen molar-refractivity contribution in [3.8, 4) is 11.5 Å². The van der Waals surface area contributed by atoms with Crippen LogP contribution in [-0.4, -0.2) is 15.4 Å². The van der Waals surface area contributed by atoms with Crippen LogP contribution in [0.2, 0.25) is 6.55 Å². The Bertz CT molecular complexity index is 767. The molecule has 0 radical (unpaired) electrons. The van der Waals surface area contributed by atoms with Crippen molar-refractivity contribution in [2.45, 2.75) is 6.55 Å². The number of ether oxygens (including phenoxy) is 1. The predicted molar refractivity (Wildman–Crippen MR) is 105 cm³/mol. The van der Waals surface area contributed by atoms with Crippen LogP contribution < -0.4 is 19.5 Å².